The van der Waals surface area contributed by atoms with Gasteiger partial charge in [-0.25, -0.2) is 14.4 Å². The molecule has 0 spiro atoms. The Labute approximate surface area is 195 Å². The molecule has 6 nitrogen and oxygen atoms in total. The monoisotopic (exact) mass is 509 g/mol. The number of hydrogen-bond donors (Lipinski definition) is 1. The quantitative estimate of drug-likeness (QED) is 0.630. The van der Waals surface area contributed by atoms with Gasteiger partial charge in [-0.05, 0) is 40.4 Å². The second kappa shape index (κ2) is 9.50. The summed E-state index contributed by atoms with van der Waals surface area (Å²) in [5.41, 5.74) is 1.48. The Balaban J connectivity index is 1.46. The molecule has 3 heterocycles. The van der Waals surface area contributed by atoms with Crippen molar-refractivity contribution in [2.75, 3.05) is 37.6 Å². The number of carbonyl (C=O) groups is 1. The minimum atomic E-state index is -1.01. The highest BCUT2D eigenvalue weighted by Gasteiger charge is 2.36. The predicted octanol–water partition coefficient (Wildman–Crippen LogP) is 4.25. The van der Waals surface area contributed by atoms with E-state index in [0.717, 1.165) is 20.0 Å². The fourth-order valence-electron chi connectivity index (χ4n) is 4.45. The number of nitrogens with zero attached hydrogens (tertiary/aromatic N) is 4. The topological polar surface area (TPSA) is 61.4 Å². The van der Waals surface area contributed by atoms with Crippen LogP contribution >= 0.6 is 27.3 Å². The summed E-state index contributed by atoms with van der Waals surface area (Å²) < 4.78 is 15.3. The molecule has 3 atom stereocenters. The van der Waals surface area contributed by atoms with E-state index >= 15 is 0 Å². The molecule has 1 amide bonds. The molecule has 0 radical (unpaired) electrons. The highest BCUT2D eigenvalue weighted by atomic mass is 79.9. The van der Waals surface area contributed by atoms with Gasteiger partial charge in [0.25, 0.3) is 0 Å². The van der Waals surface area contributed by atoms with Crippen LogP contribution in [0.4, 0.5) is 10.2 Å². The van der Waals surface area contributed by atoms with Crippen molar-refractivity contribution in [2.24, 2.45) is 0 Å². The first-order valence-electron chi connectivity index (χ1n) is 10.9. The number of hydrogen-bond acceptors (Lipinski definition) is 6. The molecule has 2 aromatic heterocycles. The summed E-state index contributed by atoms with van der Waals surface area (Å²) in [6.45, 7) is 9.50. The lowest BCUT2D eigenvalue weighted by molar-refractivity contribution is -0.133. The number of rotatable bonds is 6. The zero-order chi connectivity index (χ0) is 22.1. The Bertz CT molecular complexity index is 930. The Hall–Kier alpha value is -1.58. The Morgan fingerprint density at radius 1 is 1.29 bits per heavy atom. The largest absolute Gasteiger partial charge is 0.353 e. The highest BCUT2D eigenvalue weighted by molar-refractivity contribution is 9.11. The van der Waals surface area contributed by atoms with Gasteiger partial charge >= 0.3 is 0 Å². The molecular formula is C22H29BrFN5OS. The van der Waals surface area contributed by atoms with Crippen molar-refractivity contribution in [3.63, 3.8) is 0 Å². The Morgan fingerprint density at radius 2 is 2.03 bits per heavy atom. The lowest BCUT2D eigenvalue weighted by Gasteiger charge is -2.38. The van der Waals surface area contributed by atoms with Crippen molar-refractivity contribution in [2.45, 2.75) is 51.2 Å². The van der Waals surface area contributed by atoms with E-state index in [0.29, 0.717) is 50.9 Å². The Morgan fingerprint density at radius 3 is 2.68 bits per heavy atom. The van der Waals surface area contributed by atoms with Crippen LogP contribution in [0, 0.1) is 0 Å². The zero-order valence-corrected chi connectivity index (χ0v) is 20.5. The lowest BCUT2D eigenvalue weighted by atomic mass is 10.0. The molecule has 1 saturated heterocycles. The number of aromatic nitrogens is 2. The first kappa shape index (κ1) is 22.6. The molecule has 168 valence electrons. The van der Waals surface area contributed by atoms with Crippen LogP contribution in [0.2, 0.25) is 0 Å². The number of anilines is 1. The van der Waals surface area contributed by atoms with Crippen LogP contribution in [0.25, 0.3) is 0 Å². The molecule has 0 saturated carbocycles. The summed E-state index contributed by atoms with van der Waals surface area (Å²) in [6, 6.07) is 4.36. The third-order valence-corrected chi connectivity index (χ3v) is 7.84. The van der Waals surface area contributed by atoms with Crippen molar-refractivity contribution < 1.29 is 9.18 Å². The van der Waals surface area contributed by atoms with E-state index in [1.807, 2.05) is 24.0 Å². The SMILES string of the molecule is CC(C)NC[C@@H](C(=O)N1CCN(c2ncnc3c2[C@H](C)C[C@H]3F)CC1)c1ccc(Br)s1. The smallest absolute Gasteiger partial charge is 0.232 e. The number of carbonyl (C=O) groups excluding carboxylic acids is 1. The number of alkyl halides is 1. The van der Waals surface area contributed by atoms with E-state index in [4.69, 9.17) is 0 Å². The maximum Gasteiger partial charge on any atom is 0.232 e. The average molecular weight is 510 g/mol. The van der Waals surface area contributed by atoms with Crippen LogP contribution in [0.15, 0.2) is 22.2 Å². The third kappa shape index (κ3) is 4.78. The van der Waals surface area contributed by atoms with Gasteiger partial charge in [0, 0.05) is 49.2 Å². The molecule has 1 N–H and O–H groups in total. The normalized spacial score (nSPS) is 22.1. The van der Waals surface area contributed by atoms with Gasteiger partial charge in [-0.1, -0.05) is 20.8 Å². The van der Waals surface area contributed by atoms with E-state index in [-0.39, 0.29) is 17.7 Å². The fourth-order valence-corrected chi connectivity index (χ4v) is 5.97. The second-order valence-corrected chi connectivity index (χ2v) is 11.2. The number of nitrogens with one attached hydrogen (secondary N) is 1. The molecule has 1 aliphatic carbocycles. The first-order chi connectivity index (χ1) is 14.8. The molecular weight excluding hydrogens is 481 g/mol. The highest BCUT2D eigenvalue weighted by Crippen LogP contribution is 2.44. The van der Waals surface area contributed by atoms with Gasteiger partial charge in [-0.15, -0.1) is 11.3 Å². The van der Waals surface area contributed by atoms with Crippen molar-refractivity contribution in [1.29, 1.82) is 0 Å². The van der Waals surface area contributed by atoms with Crippen LogP contribution < -0.4 is 10.2 Å². The van der Waals surface area contributed by atoms with Gasteiger partial charge in [0.15, 0.2) is 0 Å². The number of halogens is 2. The van der Waals surface area contributed by atoms with E-state index in [9.17, 15) is 9.18 Å². The maximum absolute atomic E-state index is 14.3. The van der Waals surface area contributed by atoms with Gasteiger partial charge in [0.1, 0.15) is 18.3 Å². The summed E-state index contributed by atoms with van der Waals surface area (Å²) in [6.07, 6.45) is 0.938. The molecule has 0 aromatic carbocycles. The van der Waals surface area contributed by atoms with Crippen molar-refractivity contribution in [1.82, 2.24) is 20.2 Å². The minimum absolute atomic E-state index is 0.115. The van der Waals surface area contributed by atoms with Crippen molar-refractivity contribution in [3.05, 3.63) is 38.4 Å². The molecule has 0 unspecified atom stereocenters. The standard InChI is InChI=1S/C22H29BrFN5OS/c1-13(2)25-11-15(17-4-5-18(23)31-17)22(30)29-8-6-28(7-9-29)21-19-14(3)10-16(24)20(19)26-12-27-21/h4-5,12-16,25H,6-11H2,1-3H3/t14-,15-,16-/m1/s1. The van der Waals surface area contributed by atoms with Crippen molar-refractivity contribution >= 4 is 39.0 Å². The van der Waals surface area contributed by atoms with E-state index in [2.05, 4.69) is 50.0 Å². The number of amides is 1. The van der Waals surface area contributed by atoms with E-state index in [1.165, 1.54) is 6.33 Å². The van der Waals surface area contributed by atoms with E-state index < -0.39 is 6.17 Å². The van der Waals surface area contributed by atoms with Crippen LogP contribution in [-0.2, 0) is 4.79 Å². The molecule has 4 rings (SSSR count). The van der Waals surface area contributed by atoms with Crippen LogP contribution in [0.5, 0.6) is 0 Å². The molecule has 2 aliphatic rings. The summed E-state index contributed by atoms with van der Waals surface area (Å²) in [5.74, 6) is 0.919. The fraction of sp³-hybridized carbons (Fsp3) is 0.591. The van der Waals surface area contributed by atoms with Gasteiger partial charge in [0.2, 0.25) is 5.91 Å². The first-order valence-corrected chi connectivity index (χ1v) is 12.5. The van der Waals surface area contributed by atoms with Gasteiger partial charge in [-0.3, -0.25) is 4.79 Å². The molecule has 1 aliphatic heterocycles. The van der Waals surface area contributed by atoms with Crippen LogP contribution in [0.1, 0.15) is 61.3 Å². The number of thiophene rings is 1. The summed E-state index contributed by atoms with van der Waals surface area (Å²) in [4.78, 5) is 27.3. The molecule has 9 heteroatoms. The molecule has 0 bridgehead atoms. The summed E-state index contributed by atoms with van der Waals surface area (Å²) in [5, 5.41) is 3.43. The third-order valence-electron chi connectivity index (χ3n) is 6.10. The summed E-state index contributed by atoms with van der Waals surface area (Å²) in [7, 11) is 0. The minimum Gasteiger partial charge on any atom is -0.353 e. The molecule has 1 fully saturated rings. The lowest BCUT2D eigenvalue weighted by Crippen LogP contribution is -2.51. The van der Waals surface area contributed by atoms with E-state index in [1.54, 1.807) is 11.3 Å². The summed E-state index contributed by atoms with van der Waals surface area (Å²) >= 11 is 5.14. The van der Waals surface area contributed by atoms with Gasteiger partial charge in [0.05, 0.1) is 15.4 Å². The predicted molar refractivity (Wildman–Crippen MR) is 126 cm³/mol. The number of fused-ring (bicyclic) bond motifs is 1. The number of piperazine rings is 1. The van der Waals surface area contributed by atoms with Crippen LogP contribution in [0.3, 0.4) is 0 Å². The van der Waals surface area contributed by atoms with Crippen molar-refractivity contribution in [3.8, 4) is 0 Å². The molecule has 31 heavy (non-hydrogen) atoms. The van der Waals surface area contributed by atoms with Crippen LogP contribution in [-0.4, -0.2) is 59.5 Å². The maximum atomic E-state index is 14.3. The zero-order valence-electron chi connectivity index (χ0n) is 18.1. The second-order valence-electron chi connectivity index (χ2n) is 8.67. The van der Waals surface area contributed by atoms with Gasteiger partial charge < -0.3 is 15.1 Å². The Kier molecular flexibility index (Phi) is 6.93. The van der Waals surface area contributed by atoms with Gasteiger partial charge in [-0.2, -0.15) is 0 Å². The molecule has 2 aromatic rings. The average Bonchev–Trinajstić information content (AvgIpc) is 3.31.